The van der Waals surface area contributed by atoms with Crippen LogP contribution in [0.25, 0.3) is 0 Å². The fraction of sp³-hybridized carbons (Fsp3) is 0.118. The number of Topliss-reactive ketones (excluding diaryl/α,β-unsaturated/α-hetero) is 1. The lowest BCUT2D eigenvalue weighted by atomic mass is 9.79. The zero-order valence-corrected chi connectivity index (χ0v) is 12.8. The van der Waals surface area contributed by atoms with Gasteiger partial charge in [-0.25, -0.2) is 0 Å². The molecule has 0 radical (unpaired) electrons. The van der Waals surface area contributed by atoms with Crippen LogP contribution in [0.5, 0.6) is 23.0 Å². The number of carbonyl (C=O) groups is 3. The summed E-state index contributed by atoms with van der Waals surface area (Å²) >= 11 is 0. The van der Waals surface area contributed by atoms with Gasteiger partial charge >= 0.3 is 0 Å². The number of hydrogen-bond donors (Lipinski definition) is 5. The highest BCUT2D eigenvalue weighted by molar-refractivity contribution is 6.31. The number of aromatic hydroxyl groups is 4. The first-order valence-corrected chi connectivity index (χ1v) is 7.08. The summed E-state index contributed by atoms with van der Waals surface area (Å²) in [5.41, 5.74) is -1.97. The van der Waals surface area contributed by atoms with Crippen molar-refractivity contribution in [2.75, 3.05) is 6.61 Å². The Morgan fingerprint density at radius 2 is 1.52 bits per heavy atom. The SMILES string of the molecule is Cc1c(C(=O)CO)c(O)cc2c1C(=O)c1c(O)cc(O)c(O)c1C2=O. The second-order valence-corrected chi connectivity index (χ2v) is 5.57. The molecule has 8 heteroatoms. The van der Waals surface area contributed by atoms with Gasteiger partial charge in [-0.3, -0.25) is 14.4 Å². The van der Waals surface area contributed by atoms with E-state index in [2.05, 4.69) is 0 Å². The average Bonchev–Trinajstić information content (AvgIpc) is 2.55. The van der Waals surface area contributed by atoms with Gasteiger partial charge in [0.1, 0.15) is 18.1 Å². The number of rotatable bonds is 2. The minimum atomic E-state index is -0.911. The van der Waals surface area contributed by atoms with Gasteiger partial charge in [-0.2, -0.15) is 0 Å². The van der Waals surface area contributed by atoms with Gasteiger partial charge in [-0.1, -0.05) is 0 Å². The molecule has 1 aliphatic carbocycles. The zero-order valence-electron chi connectivity index (χ0n) is 12.8. The van der Waals surface area contributed by atoms with E-state index < -0.39 is 58.1 Å². The van der Waals surface area contributed by atoms with Crippen LogP contribution in [0, 0.1) is 6.92 Å². The molecular weight excluding hydrogens is 332 g/mol. The number of hydrogen-bond acceptors (Lipinski definition) is 8. The molecule has 0 fully saturated rings. The van der Waals surface area contributed by atoms with Gasteiger partial charge in [0, 0.05) is 17.2 Å². The van der Waals surface area contributed by atoms with E-state index in [-0.39, 0.29) is 22.3 Å². The lowest BCUT2D eigenvalue weighted by Gasteiger charge is -2.23. The van der Waals surface area contributed by atoms with Crippen LogP contribution in [-0.4, -0.2) is 49.5 Å². The molecule has 0 atom stereocenters. The Morgan fingerprint density at radius 3 is 2.12 bits per heavy atom. The Balaban J connectivity index is 2.41. The predicted molar refractivity (Wildman–Crippen MR) is 82.6 cm³/mol. The maximum Gasteiger partial charge on any atom is 0.198 e. The zero-order chi connectivity index (χ0) is 18.6. The lowest BCUT2D eigenvalue weighted by molar-refractivity contribution is 0.0899. The molecule has 0 unspecified atom stereocenters. The van der Waals surface area contributed by atoms with Crippen molar-refractivity contribution in [1.82, 2.24) is 0 Å². The highest BCUT2D eigenvalue weighted by Gasteiger charge is 2.38. The van der Waals surface area contributed by atoms with Crippen LogP contribution in [0.1, 0.15) is 47.8 Å². The largest absolute Gasteiger partial charge is 0.507 e. The number of aliphatic hydroxyl groups excluding tert-OH is 1. The number of phenols is 4. The fourth-order valence-corrected chi connectivity index (χ4v) is 3.06. The van der Waals surface area contributed by atoms with E-state index in [9.17, 15) is 34.8 Å². The van der Waals surface area contributed by atoms with Gasteiger partial charge in [0.05, 0.1) is 16.7 Å². The fourth-order valence-electron chi connectivity index (χ4n) is 3.06. The lowest BCUT2D eigenvalue weighted by Crippen LogP contribution is -2.24. The topological polar surface area (TPSA) is 152 Å². The van der Waals surface area contributed by atoms with Gasteiger partial charge in [0.15, 0.2) is 28.8 Å². The highest BCUT2D eigenvalue weighted by Crippen LogP contribution is 2.44. The number of fused-ring (bicyclic) bond motifs is 2. The molecule has 3 rings (SSSR count). The molecule has 0 bridgehead atoms. The molecule has 0 amide bonds. The molecule has 1 aliphatic rings. The van der Waals surface area contributed by atoms with Crippen LogP contribution < -0.4 is 0 Å². The molecule has 8 nitrogen and oxygen atoms in total. The number of carbonyl (C=O) groups excluding carboxylic acids is 3. The first-order valence-electron chi connectivity index (χ1n) is 7.08. The van der Waals surface area contributed by atoms with Crippen molar-refractivity contribution in [3.8, 4) is 23.0 Å². The van der Waals surface area contributed by atoms with Crippen molar-refractivity contribution in [3.05, 3.63) is 45.5 Å². The normalized spacial score (nSPS) is 12.7. The molecule has 0 saturated heterocycles. The maximum absolute atomic E-state index is 12.8. The van der Waals surface area contributed by atoms with Crippen molar-refractivity contribution >= 4 is 17.3 Å². The van der Waals surface area contributed by atoms with E-state index in [0.29, 0.717) is 0 Å². The summed E-state index contributed by atoms with van der Waals surface area (Å²) in [5.74, 6) is -5.59. The van der Waals surface area contributed by atoms with E-state index in [1.807, 2.05) is 0 Å². The molecule has 0 aromatic heterocycles. The minimum Gasteiger partial charge on any atom is -0.507 e. The molecule has 5 N–H and O–H groups in total. The smallest absolute Gasteiger partial charge is 0.198 e. The Morgan fingerprint density at radius 1 is 0.880 bits per heavy atom. The Kier molecular flexibility index (Phi) is 3.50. The van der Waals surface area contributed by atoms with Crippen LogP contribution in [0.15, 0.2) is 12.1 Å². The Bertz CT molecular complexity index is 987. The van der Waals surface area contributed by atoms with Crippen molar-refractivity contribution in [1.29, 1.82) is 0 Å². The van der Waals surface area contributed by atoms with Crippen molar-refractivity contribution < 1.29 is 39.9 Å². The van der Waals surface area contributed by atoms with E-state index in [1.54, 1.807) is 0 Å². The third kappa shape index (κ3) is 2.08. The van der Waals surface area contributed by atoms with Crippen molar-refractivity contribution in [2.24, 2.45) is 0 Å². The number of benzene rings is 2. The molecule has 0 heterocycles. The highest BCUT2D eigenvalue weighted by atomic mass is 16.3. The van der Waals surface area contributed by atoms with Gasteiger partial charge in [0.2, 0.25) is 0 Å². The number of ketones is 3. The maximum atomic E-state index is 12.8. The van der Waals surface area contributed by atoms with Crippen LogP contribution in [0.3, 0.4) is 0 Å². The van der Waals surface area contributed by atoms with Crippen LogP contribution >= 0.6 is 0 Å². The molecule has 128 valence electrons. The molecule has 0 aliphatic heterocycles. The van der Waals surface area contributed by atoms with E-state index >= 15 is 0 Å². The van der Waals surface area contributed by atoms with E-state index in [4.69, 9.17) is 5.11 Å². The number of aliphatic hydroxyl groups is 1. The summed E-state index contributed by atoms with van der Waals surface area (Å²) in [5, 5.41) is 48.5. The van der Waals surface area contributed by atoms with Gasteiger partial charge in [0.25, 0.3) is 0 Å². The van der Waals surface area contributed by atoms with Crippen molar-refractivity contribution in [2.45, 2.75) is 6.92 Å². The van der Waals surface area contributed by atoms with Gasteiger partial charge in [-0.15, -0.1) is 0 Å². The molecule has 0 saturated carbocycles. The predicted octanol–water partition coefficient (Wildman–Crippen LogP) is 0.768. The Labute approximate surface area is 140 Å². The second kappa shape index (κ2) is 5.32. The summed E-state index contributed by atoms with van der Waals surface area (Å²) < 4.78 is 0. The van der Waals surface area contributed by atoms with Crippen LogP contribution in [0.2, 0.25) is 0 Å². The third-order valence-corrected chi connectivity index (χ3v) is 4.16. The summed E-state index contributed by atoms with van der Waals surface area (Å²) in [6.45, 7) is 0.404. The quantitative estimate of drug-likeness (QED) is 0.260. The van der Waals surface area contributed by atoms with Crippen LogP contribution in [-0.2, 0) is 0 Å². The summed E-state index contributed by atoms with van der Waals surface area (Å²) in [4.78, 5) is 37.2. The molecule has 2 aromatic carbocycles. The summed E-state index contributed by atoms with van der Waals surface area (Å²) in [6, 6.07) is 1.61. The van der Waals surface area contributed by atoms with E-state index in [1.165, 1.54) is 6.92 Å². The monoisotopic (exact) mass is 344 g/mol. The number of phenolic OH excluding ortho intramolecular Hbond substituents is 4. The molecular formula is C17H12O8. The van der Waals surface area contributed by atoms with Crippen LogP contribution in [0.4, 0.5) is 0 Å². The molecule has 0 spiro atoms. The van der Waals surface area contributed by atoms with Gasteiger partial charge in [-0.05, 0) is 18.6 Å². The summed E-state index contributed by atoms with van der Waals surface area (Å²) in [7, 11) is 0. The average molecular weight is 344 g/mol. The summed E-state index contributed by atoms with van der Waals surface area (Å²) in [6.07, 6.45) is 0. The molecule has 25 heavy (non-hydrogen) atoms. The minimum absolute atomic E-state index is 0.0370. The van der Waals surface area contributed by atoms with Crippen molar-refractivity contribution in [3.63, 3.8) is 0 Å². The molecule has 2 aromatic rings. The third-order valence-electron chi connectivity index (χ3n) is 4.16. The van der Waals surface area contributed by atoms with E-state index in [0.717, 1.165) is 12.1 Å². The standard InChI is InChI=1S/C17H12O8/c1-5-11-6(2-7(19)12(5)10(22)4-18)15(23)14-13(17(11)25)8(20)3-9(21)16(14)24/h2-3,18-21,24H,4H2,1H3. The first-order chi connectivity index (χ1) is 11.7. The van der Waals surface area contributed by atoms with Gasteiger partial charge < -0.3 is 25.5 Å². The Hall–Kier alpha value is -3.39. The second-order valence-electron chi connectivity index (χ2n) is 5.57. The first kappa shape index (κ1) is 16.5.